The van der Waals surface area contributed by atoms with Gasteiger partial charge in [-0.25, -0.2) is 8.42 Å². The second-order valence-corrected chi connectivity index (χ2v) is 6.02. The van der Waals surface area contributed by atoms with Crippen molar-refractivity contribution in [3.8, 4) is 0 Å². The first kappa shape index (κ1) is 16.6. The maximum absolute atomic E-state index is 11.9. The van der Waals surface area contributed by atoms with Crippen LogP contribution >= 0.6 is 0 Å². The van der Waals surface area contributed by atoms with Crippen LogP contribution in [-0.4, -0.2) is 34.6 Å². The van der Waals surface area contributed by atoms with Crippen molar-refractivity contribution < 1.29 is 17.9 Å². The molecule has 1 atom stereocenters. The molecule has 0 aromatic heterocycles. The zero-order valence-electron chi connectivity index (χ0n) is 11.8. The fraction of sp³-hybridized carbons (Fsp3) is 0.462. The minimum absolute atomic E-state index is 0.119. The molecule has 1 aromatic carbocycles. The van der Waals surface area contributed by atoms with E-state index in [2.05, 4.69) is 14.8 Å². The van der Waals surface area contributed by atoms with Crippen molar-refractivity contribution in [1.82, 2.24) is 10.0 Å². The van der Waals surface area contributed by atoms with Gasteiger partial charge in [0.05, 0.1) is 12.0 Å². The van der Waals surface area contributed by atoms with Gasteiger partial charge < -0.3 is 10.1 Å². The summed E-state index contributed by atoms with van der Waals surface area (Å²) in [6.45, 7) is 4.46. The Bertz CT molecular complexity index is 540. The highest BCUT2D eigenvalue weighted by Gasteiger charge is 2.16. The minimum atomic E-state index is -3.69. The topological polar surface area (TPSA) is 84.5 Å². The summed E-state index contributed by atoms with van der Waals surface area (Å²) in [5.41, 5.74) is 0.999. The highest BCUT2D eigenvalue weighted by atomic mass is 32.2. The number of esters is 1. The molecule has 0 aliphatic carbocycles. The summed E-state index contributed by atoms with van der Waals surface area (Å²) >= 11 is 0. The summed E-state index contributed by atoms with van der Waals surface area (Å²) < 4.78 is 30.4. The molecule has 1 rings (SSSR count). The molecular formula is C13H20N2O4S. The first-order valence-electron chi connectivity index (χ1n) is 6.30. The smallest absolute Gasteiger partial charge is 0.320 e. The summed E-state index contributed by atoms with van der Waals surface area (Å²) in [4.78, 5) is 11.1. The van der Waals surface area contributed by atoms with Gasteiger partial charge in [0.15, 0.2) is 0 Å². The fourth-order valence-electron chi connectivity index (χ4n) is 1.67. The van der Waals surface area contributed by atoms with E-state index >= 15 is 0 Å². The lowest BCUT2D eigenvalue weighted by Crippen LogP contribution is -2.30. The van der Waals surface area contributed by atoms with Crippen LogP contribution in [0.4, 0.5) is 0 Å². The van der Waals surface area contributed by atoms with Crippen molar-refractivity contribution >= 4 is 16.0 Å². The van der Waals surface area contributed by atoms with Crippen LogP contribution in [0, 0.1) is 0 Å². The summed E-state index contributed by atoms with van der Waals surface area (Å²) in [6, 6.07) is 6.69. The first-order chi connectivity index (χ1) is 9.40. The van der Waals surface area contributed by atoms with Crippen molar-refractivity contribution in [2.45, 2.75) is 24.8 Å². The van der Waals surface area contributed by atoms with Crippen LogP contribution in [0.3, 0.4) is 0 Å². The standard InChI is InChI=1S/C13H20N2O4S/c1-4-14-10(2)11-5-7-12(8-6-11)20(17,18)15-9-13(16)19-3/h5-8,10,14-15H,4,9H2,1-3H3. The Labute approximate surface area is 119 Å². The van der Waals surface area contributed by atoms with E-state index in [9.17, 15) is 13.2 Å². The predicted molar refractivity (Wildman–Crippen MR) is 75.7 cm³/mol. The third kappa shape index (κ3) is 4.59. The van der Waals surface area contributed by atoms with E-state index < -0.39 is 16.0 Å². The van der Waals surface area contributed by atoms with Crippen LogP contribution < -0.4 is 10.0 Å². The van der Waals surface area contributed by atoms with Gasteiger partial charge in [0, 0.05) is 6.04 Å². The number of sulfonamides is 1. The van der Waals surface area contributed by atoms with E-state index in [0.717, 1.165) is 12.1 Å². The SMILES string of the molecule is CCNC(C)c1ccc(S(=O)(=O)NCC(=O)OC)cc1. The van der Waals surface area contributed by atoms with E-state index in [1.165, 1.54) is 19.2 Å². The molecule has 7 heteroatoms. The van der Waals surface area contributed by atoms with Gasteiger partial charge in [-0.05, 0) is 31.2 Å². The predicted octanol–water partition coefficient (Wildman–Crippen LogP) is 0.808. The monoisotopic (exact) mass is 300 g/mol. The number of hydrogen-bond donors (Lipinski definition) is 2. The molecule has 1 aromatic rings. The molecule has 0 aliphatic rings. The Balaban J connectivity index is 2.79. The Kier molecular flexibility index (Phi) is 6.12. The average Bonchev–Trinajstić information content (AvgIpc) is 2.45. The van der Waals surface area contributed by atoms with Crippen molar-refractivity contribution in [3.63, 3.8) is 0 Å². The van der Waals surface area contributed by atoms with E-state index in [4.69, 9.17) is 0 Å². The van der Waals surface area contributed by atoms with Crippen LogP contribution in [0.15, 0.2) is 29.2 Å². The number of ether oxygens (including phenoxy) is 1. The van der Waals surface area contributed by atoms with Gasteiger partial charge in [0.25, 0.3) is 0 Å². The van der Waals surface area contributed by atoms with E-state index in [-0.39, 0.29) is 17.5 Å². The van der Waals surface area contributed by atoms with Gasteiger partial charge in [0.2, 0.25) is 10.0 Å². The van der Waals surface area contributed by atoms with Crippen LogP contribution in [0.5, 0.6) is 0 Å². The molecular weight excluding hydrogens is 280 g/mol. The number of methoxy groups -OCH3 is 1. The molecule has 0 saturated heterocycles. The lowest BCUT2D eigenvalue weighted by atomic mass is 10.1. The number of carbonyl (C=O) groups excluding carboxylic acids is 1. The zero-order chi connectivity index (χ0) is 15.2. The van der Waals surface area contributed by atoms with E-state index in [0.29, 0.717) is 0 Å². The van der Waals surface area contributed by atoms with Gasteiger partial charge in [-0.3, -0.25) is 4.79 Å². The summed E-state index contributed by atoms with van der Waals surface area (Å²) in [5.74, 6) is -0.633. The summed E-state index contributed by atoms with van der Waals surface area (Å²) in [5, 5.41) is 3.24. The van der Waals surface area contributed by atoms with Gasteiger partial charge in [-0.1, -0.05) is 19.1 Å². The number of hydrogen-bond acceptors (Lipinski definition) is 5. The van der Waals surface area contributed by atoms with Crippen LogP contribution in [0.1, 0.15) is 25.5 Å². The molecule has 0 spiro atoms. The molecule has 0 bridgehead atoms. The number of nitrogens with one attached hydrogen (secondary N) is 2. The normalized spacial score (nSPS) is 12.9. The first-order valence-corrected chi connectivity index (χ1v) is 7.79. The van der Waals surface area contributed by atoms with Crippen molar-refractivity contribution in [1.29, 1.82) is 0 Å². The molecule has 0 amide bonds. The van der Waals surface area contributed by atoms with Gasteiger partial charge in [-0.2, -0.15) is 4.72 Å². The Morgan fingerprint density at radius 2 is 1.90 bits per heavy atom. The molecule has 0 radical (unpaired) electrons. The van der Waals surface area contributed by atoms with Crippen molar-refractivity contribution in [2.75, 3.05) is 20.2 Å². The summed E-state index contributed by atoms with van der Waals surface area (Å²) in [6.07, 6.45) is 0. The molecule has 0 fully saturated rings. The number of carbonyl (C=O) groups is 1. The maximum Gasteiger partial charge on any atom is 0.320 e. The molecule has 0 saturated carbocycles. The van der Waals surface area contributed by atoms with Crippen LogP contribution in [0.25, 0.3) is 0 Å². The second kappa shape index (κ2) is 7.37. The molecule has 112 valence electrons. The van der Waals surface area contributed by atoms with Crippen LogP contribution in [0.2, 0.25) is 0 Å². The molecule has 0 aliphatic heterocycles. The largest absolute Gasteiger partial charge is 0.468 e. The minimum Gasteiger partial charge on any atom is -0.468 e. The van der Waals surface area contributed by atoms with Crippen LogP contribution in [-0.2, 0) is 19.6 Å². The average molecular weight is 300 g/mol. The fourth-order valence-corrected chi connectivity index (χ4v) is 2.64. The van der Waals surface area contributed by atoms with Gasteiger partial charge in [-0.15, -0.1) is 0 Å². The third-order valence-electron chi connectivity index (χ3n) is 2.83. The Hall–Kier alpha value is -1.44. The highest BCUT2D eigenvalue weighted by Crippen LogP contribution is 2.15. The van der Waals surface area contributed by atoms with E-state index in [1.807, 2.05) is 13.8 Å². The number of rotatable bonds is 7. The van der Waals surface area contributed by atoms with Crippen molar-refractivity contribution in [2.24, 2.45) is 0 Å². The quantitative estimate of drug-likeness (QED) is 0.728. The Morgan fingerprint density at radius 3 is 2.40 bits per heavy atom. The molecule has 0 heterocycles. The summed E-state index contributed by atoms with van der Waals surface area (Å²) in [7, 11) is -2.49. The number of benzene rings is 1. The second-order valence-electron chi connectivity index (χ2n) is 4.25. The van der Waals surface area contributed by atoms with Crippen molar-refractivity contribution in [3.05, 3.63) is 29.8 Å². The van der Waals surface area contributed by atoms with Gasteiger partial charge in [0.1, 0.15) is 6.54 Å². The molecule has 6 nitrogen and oxygen atoms in total. The lowest BCUT2D eigenvalue weighted by molar-refractivity contribution is -0.139. The Morgan fingerprint density at radius 1 is 1.30 bits per heavy atom. The van der Waals surface area contributed by atoms with Gasteiger partial charge >= 0.3 is 5.97 Å². The highest BCUT2D eigenvalue weighted by molar-refractivity contribution is 7.89. The molecule has 2 N–H and O–H groups in total. The molecule has 20 heavy (non-hydrogen) atoms. The molecule has 1 unspecified atom stereocenters. The third-order valence-corrected chi connectivity index (χ3v) is 4.25. The zero-order valence-corrected chi connectivity index (χ0v) is 12.7. The lowest BCUT2D eigenvalue weighted by Gasteiger charge is -2.13. The maximum atomic E-state index is 11.9. The van der Waals surface area contributed by atoms with E-state index in [1.54, 1.807) is 12.1 Å².